The fourth-order valence-electron chi connectivity index (χ4n) is 2.83. The first kappa shape index (κ1) is 14.0. The van der Waals surface area contributed by atoms with E-state index in [4.69, 9.17) is 0 Å². The smallest absolute Gasteiger partial charge is 0.123 e. The van der Waals surface area contributed by atoms with Crippen molar-refractivity contribution >= 4 is 0 Å². The average Bonchev–Trinajstić information content (AvgIpc) is 2.64. The van der Waals surface area contributed by atoms with E-state index in [0.717, 1.165) is 24.8 Å². The number of nitriles is 1. The van der Waals surface area contributed by atoms with Gasteiger partial charge >= 0.3 is 0 Å². The lowest BCUT2D eigenvalue weighted by atomic mass is 9.94. The Morgan fingerprint density at radius 3 is 2.58 bits per heavy atom. The van der Waals surface area contributed by atoms with Crippen LogP contribution in [-0.2, 0) is 0 Å². The molecule has 19 heavy (non-hydrogen) atoms. The number of halogens is 1. The SMILES string of the molecule is C[C@H](NC1CCCCCC1C#N)c1ccc(F)cc1. The second-order valence-electron chi connectivity index (χ2n) is 5.42. The molecule has 0 spiro atoms. The molecule has 0 bridgehead atoms. The van der Waals surface area contributed by atoms with E-state index in [1.165, 1.54) is 25.0 Å². The molecule has 1 saturated carbocycles. The van der Waals surface area contributed by atoms with Crippen molar-refractivity contribution in [2.75, 3.05) is 0 Å². The number of hydrogen-bond acceptors (Lipinski definition) is 2. The first-order chi connectivity index (χ1) is 9.20. The summed E-state index contributed by atoms with van der Waals surface area (Å²) in [5, 5.41) is 12.8. The Bertz CT molecular complexity index is 435. The number of rotatable bonds is 3. The molecule has 0 heterocycles. The Kier molecular flexibility index (Phi) is 4.93. The molecule has 2 unspecified atom stereocenters. The monoisotopic (exact) mass is 260 g/mol. The predicted molar refractivity (Wildman–Crippen MR) is 73.9 cm³/mol. The Morgan fingerprint density at radius 2 is 1.89 bits per heavy atom. The molecular formula is C16H21FN2. The molecule has 0 amide bonds. The molecule has 1 fully saturated rings. The van der Waals surface area contributed by atoms with E-state index in [0.29, 0.717) is 0 Å². The molecule has 3 heteroatoms. The molecule has 102 valence electrons. The minimum absolute atomic E-state index is 0.102. The third-order valence-corrected chi connectivity index (χ3v) is 4.02. The van der Waals surface area contributed by atoms with Crippen molar-refractivity contribution in [3.8, 4) is 6.07 Å². The maximum Gasteiger partial charge on any atom is 0.123 e. The molecular weight excluding hydrogens is 239 g/mol. The zero-order valence-corrected chi connectivity index (χ0v) is 11.4. The normalized spacial score (nSPS) is 25.3. The Morgan fingerprint density at radius 1 is 1.21 bits per heavy atom. The zero-order chi connectivity index (χ0) is 13.7. The topological polar surface area (TPSA) is 35.8 Å². The molecule has 0 aliphatic heterocycles. The van der Waals surface area contributed by atoms with Crippen molar-refractivity contribution in [3.63, 3.8) is 0 Å². The molecule has 1 aromatic carbocycles. The van der Waals surface area contributed by atoms with Crippen molar-refractivity contribution in [3.05, 3.63) is 35.6 Å². The maximum absolute atomic E-state index is 12.9. The van der Waals surface area contributed by atoms with Crippen LogP contribution in [0.25, 0.3) is 0 Å². The van der Waals surface area contributed by atoms with Gasteiger partial charge in [0.2, 0.25) is 0 Å². The van der Waals surface area contributed by atoms with Gasteiger partial charge in [-0.25, -0.2) is 4.39 Å². The van der Waals surface area contributed by atoms with Crippen LogP contribution in [0.5, 0.6) is 0 Å². The van der Waals surface area contributed by atoms with Gasteiger partial charge in [-0.05, 0) is 37.5 Å². The Balaban J connectivity index is 2.02. The van der Waals surface area contributed by atoms with Crippen LogP contribution in [-0.4, -0.2) is 6.04 Å². The Labute approximate surface area is 114 Å². The molecule has 0 radical (unpaired) electrons. The summed E-state index contributed by atoms with van der Waals surface area (Å²) in [5.74, 6) is -0.106. The van der Waals surface area contributed by atoms with Crippen LogP contribution in [0.1, 0.15) is 50.6 Å². The van der Waals surface area contributed by atoms with Gasteiger partial charge in [0.25, 0.3) is 0 Å². The zero-order valence-electron chi connectivity index (χ0n) is 11.4. The van der Waals surface area contributed by atoms with Crippen molar-refractivity contribution < 1.29 is 4.39 Å². The first-order valence-electron chi connectivity index (χ1n) is 7.12. The number of nitrogens with one attached hydrogen (secondary N) is 1. The highest BCUT2D eigenvalue weighted by molar-refractivity contribution is 5.19. The summed E-state index contributed by atoms with van der Waals surface area (Å²) in [6.45, 7) is 2.08. The van der Waals surface area contributed by atoms with Gasteiger partial charge in [0.1, 0.15) is 5.82 Å². The number of hydrogen-bond donors (Lipinski definition) is 1. The van der Waals surface area contributed by atoms with Crippen molar-refractivity contribution in [2.45, 2.75) is 51.1 Å². The highest BCUT2D eigenvalue weighted by Gasteiger charge is 2.24. The maximum atomic E-state index is 12.9. The van der Waals surface area contributed by atoms with Crippen LogP contribution in [0.4, 0.5) is 4.39 Å². The van der Waals surface area contributed by atoms with Crippen LogP contribution in [0.3, 0.4) is 0 Å². The van der Waals surface area contributed by atoms with Gasteiger partial charge in [-0.15, -0.1) is 0 Å². The van der Waals surface area contributed by atoms with Gasteiger partial charge in [0, 0.05) is 12.1 Å². The van der Waals surface area contributed by atoms with E-state index >= 15 is 0 Å². The van der Waals surface area contributed by atoms with Crippen molar-refractivity contribution in [1.29, 1.82) is 5.26 Å². The van der Waals surface area contributed by atoms with Gasteiger partial charge in [0.05, 0.1) is 12.0 Å². The van der Waals surface area contributed by atoms with Gasteiger partial charge < -0.3 is 5.32 Å². The van der Waals surface area contributed by atoms with Crippen LogP contribution in [0.15, 0.2) is 24.3 Å². The molecule has 3 atom stereocenters. The van der Waals surface area contributed by atoms with E-state index in [9.17, 15) is 9.65 Å². The highest BCUT2D eigenvalue weighted by atomic mass is 19.1. The number of nitrogens with zero attached hydrogens (tertiary/aromatic N) is 1. The molecule has 1 aliphatic carbocycles. The minimum atomic E-state index is -0.208. The summed E-state index contributed by atoms with van der Waals surface area (Å²) in [6, 6.07) is 9.44. The fourth-order valence-corrected chi connectivity index (χ4v) is 2.83. The molecule has 1 aliphatic rings. The minimum Gasteiger partial charge on any atom is -0.306 e. The molecule has 1 N–H and O–H groups in total. The van der Waals surface area contributed by atoms with E-state index in [2.05, 4.69) is 18.3 Å². The van der Waals surface area contributed by atoms with Gasteiger partial charge in [0.15, 0.2) is 0 Å². The third kappa shape index (κ3) is 3.78. The summed E-state index contributed by atoms with van der Waals surface area (Å²) in [4.78, 5) is 0. The number of benzene rings is 1. The second kappa shape index (κ2) is 6.68. The van der Waals surface area contributed by atoms with Crippen molar-refractivity contribution in [2.24, 2.45) is 5.92 Å². The van der Waals surface area contributed by atoms with Crippen LogP contribution in [0.2, 0.25) is 0 Å². The van der Waals surface area contributed by atoms with Gasteiger partial charge in [-0.3, -0.25) is 0 Å². The van der Waals surface area contributed by atoms with Gasteiger partial charge in [-0.1, -0.05) is 31.4 Å². The van der Waals surface area contributed by atoms with E-state index in [-0.39, 0.29) is 23.8 Å². The summed E-state index contributed by atoms with van der Waals surface area (Å²) < 4.78 is 12.9. The summed E-state index contributed by atoms with van der Waals surface area (Å²) in [6.07, 6.45) is 5.61. The summed E-state index contributed by atoms with van der Waals surface area (Å²) in [7, 11) is 0. The molecule has 2 nitrogen and oxygen atoms in total. The predicted octanol–water partition coefficient (Wildman–Crippen LogP) is 3.95. The van der Waals surface area contributed by atoms with Crippen LogP contribution >= 0.6 is 0 Å². The van der Waals surface area contributed by atoms with Crippen LogP contribution in [0, 0.1) is 23.1 Å². The van der Waals surface area contributed by atoms with E-state index in [1.54, 1.807) is 0 Å². The molecule has 0 aromatic heterocycles. The largest absolute Gasteiger partial charge is 0.306 e. The Hall–Kier alpha value is -1.40. The van der Waals surface area contributed by atoms with Gasteiger partial charge in [-0.2, -0.15) is 5.26 Å². The fraction of sp³-hybridized carbons (Fsp3) is 0.562. The lowest BCUT2D eigenvalue weighted by molar-refractivity contribution is 0.361. The highest BCUT2D eigenvalue weighted by Crippen LogP contribution is 2.25. The summed E-state index contributed by atoms with van der Waals surface area (Å²) in [5.41, 5.74) is 1.07. The average molecular weight is 260 g/mol. The van der Waals surface area contributed by atoms with E-state index < -0.39 is 0 Å². The standard InChI is InChI=1S/C16H21FN2/c1-12(13-7-9-15(17)10-8-13)19-16-6-4-2-3-5-14(16)11-18/h7-10,12,14,16,19H,2-6H2,1H3/t12-,14?,16?/m0/s1. The quantitative estimate of drug-likeness (QED) is 0.835. The van der Waals surface area contributed by atoms with E-state index in [1.807, 2.05) is 12.1 Å². The molecule has 1 aromatic rings. The third-order valence-electron chi connectivity index (χ3n) is 4.02. The first-order valence-corrected chi connectivity index (χ1v) is 7.12. The lowest BCUT2D eigenvalue weighted by Gasteiger charge is -2.25. The lowest BCUT2D eigenvalue weighted by Crippen LogP contribution is -2.36. The second-order valence-corrected chi connectivity index (χ2v) is 5.42. The summed E-state index contributed by atoms with van der Waals surface area (Å²) >= 11 is 0. The van der Waals surface area contributed by atoms with Crippen molar-refractivity contribution in [1.82, 2.24) is 5.32 Å². The molecule has 2 rings (SSSR count). The van der Waals surface area contributed by atoms with Crippen LogP contribution < -0.4 is 5.32 Å². The molecule has 0 saturated heterocycles.